The lowest BCUT2D eigenvalue weighted by Gasteiger charge is -2.13. The van der Waals surface area contributed by atoms with Crippen LogP contribution in [0.1, 0.15) is 24.3 Å². The van der Waals surface area contributed by atoms with Crippen LogP contribution in [0.4, 0.5) is 18.3 Å². The maximum atomic E-state index is 12.9. The minimum Gasteiger partial charge on any atom is -0.496 e. The van der Waals surface area contributed by atoms with Gasteiger partial charge in [0.2, 0.25) is 0 Å². The minimum atomic E-state index is -4.45. The first-order chi connectivity index (χ1) is 10.2. The summed E-state index contributed by atoms with van der Waals surface area (Å²) in [7, 11) is 1.22. The Morgan fingerprint density at radius 2 is 2.00 bits per heavy atom. The van der Waals surface area contributed by atoms with Crippen molar-refractivity contribution in [3.05, 3.63) is 28.6 Å². The van der Waals surface area contributed by atoms with Crippen molar-refractivity contribution in [3.63, 3.8) is 0 Å². The summed E-state index contributed by atoms with van der Waals surface area (Å²) in [5.74, 6) is 0.182. The Balaban J connectivity index is 2.50. The fourth-order valence-corrected chi connectivity index (χ4v) is 3.24. The first-order valence-corrected chi connectivity index (χ1v) is 7.54. The fourth-order valence-electron chi connectivity index (χ4n) is 2.18. The predicted molar refractivity (Wildman–Crippen MR) is 82.1 cm³/mol. The minimum absolute atomic E-state index is 0.216. The summed E-state index contributed by atoms with van der Waals surface area (Å²) in [5.41, 5.74) is 6.16. The number of halogens is 3. The summed E-state index contributed by atoms with van der Waals surface area (Å²) in [4.78, 5) is 5.23. The number of thiazole rings is 1. The maximum Gasteiger partial charge on any atom is 0.419 e. The predicted octanol–water partition coefficient (Wildman–Crippen LogP) is 4.62. The summed E-state index contributed by atoms with van der Waals surface area (Å²) in [6.07, 6.45) is -3.68. The lowest BCUT2D eigenvalue weighted by molar-refractivity contribution is -0.138. The molecule has 3 nitrogen and oxygen atoms in total. The van der Waals surface area contributed by atoms with Crippen LogP contribution in [0, 0.1) is 5.92 Å². The Hall–Kier alpha value is -1.76. The lowest BCUT2D eigenvalue weighted by Crippen LogP contribution is -2.07. The van der Waals surface area contributed by atoms with Crippen LogP contribution in [0.2, 0.25) is 0 Å². The Labute approximate surface area is 130 Å². The van der Waals surface area contributed by atoms with Crippen LogP contribution in [0.25, 0.3) is 11.3 Å². The smallest absolute Gasteiger partial charge is 0.419 e. The van der Waals surface area contributed by atoms with Gasteiger partial charge in [-0.3, -0.25) is 0 Å². The van der Waals surface area contributed by atoms with Crippen molar-refractivity contribution in [2.24, 2.45) is 5.92 Å². The van der Waals surface area contributed by atoms with E-state index in [1.807, 2.05) is 0 Å². The van der Waals surface area contributed by atoms with Gasteiger partial charge in [-0.05, 0) is 24.5 Å². The lowest BCUT2D eigenvalue weighted by atomic mass is 10.0. The molecule has 0 spiro atoms. The summed E-state index contributed by atoms with van der Waals surface area (Å²) in [6, 6.07) is 3.79. The van der Waals surface area contributed by atoms with E-state index in [2.05, 4.69) is 18.8 Å². The molecule has 1 aromatic heterocycles. The third-order valence-corrected chi connectivity index (χ3v) is 3.99. The van der Waals surface area contributed by atoms with Crippen molar-refractivity contribution in [2.75, 3.05) is 12.8 Å². The molecule has 1 heterocycles. The number of benzene rings is 1. The molecule has 0 aliphatic rings. The molecule has 0 aliphatic carbocycles. The van der Waals surface area contributed by atoms with E-state index in [1.165, 1.54) is 30.6 Å². The molecule has 0 unspecified atom stereocenters. The van der Waals surface area contributed by atoms with Gasteiger partial charge in [-0.1, -0.05) is 19.9 Å². The van der Waals surface area contributed by atoms with Gasteiger partial charge in [0.05, 0.1) is 18.4 Å². The Kier molecular flexibility index (Phi) is 4.65. The summed E-state index contributed by atoms with van der Waals surface area (Å²) >= 11 is 1.36. The largest absolute Gasteiger partial charge is 0.496 e. The van der Waals surface area contributed by atoms with Gasteiger partial charge < -0.3 is 10.5 Å². The first kappa shape index (κ1) is 16.6. The average Bonchev–Trinajstić information content (AvgIpc) is 2.76. The molecule has 0 bridgehead atoms. The third-order valence-electron chi connectivity index (χ3n) is 3.09. The second kappa shape index (κ2) is 6.16. The van der Waals surface area contributed by atoms with E-state index in [-0.39, 0.29) is 5.75 Å². The van der Waals surface area contributed by atoms with Gasteiger partial charge in [-0.2, -0.15) is 13.2 Å². The van der Waals surface area contributed by atoms with Crippen molar-refractivity contribution in [2.45, 2.75) is 26.4 Å². The number of alkyl halides is 3. The van der Waals surface area contributed by atoms with E-state index in [0.717, 1.165) is 17.4 Å². The molecule has 2 N–H and O–H groups in total. The number of anilines is 1. The number of methoxy groups -OCH3 is 1. The van der Waals surface area contributed by atoms with E-state index in [1.54, 1.807) is 0 Å². The van der Waals surface area contributed by atoms with E-state index in [0.29, 0.717) is 22.3 Å². The van der Waals surface area contributed by atoms with E-state index in [4.69, 9.17) is 10.5 Å². The van der Waals surface area contributed by atoms with Gasteiger partial charge in [0, 0.05) is 10.4 Å². The van der Waals surface area contributed by atoms with Crippen molar-refractivity contribution in [1.29, 1.82) is 0 Å². The average molecular weight is 330 g/mol. The van der Waals surface area contributed by atoms with Crippen molar-refractivity contribution in [3.8, 4) is 17.0 Å². The standard InChI is InChI=1S/C15H17F3N2OS/c1-8(2)6-12-13(20-14(19)22-12)9-4-5-10(15(16,17)18)11(7-9)21-3/h4-5,7-8H,6H2,1-3H3,(H2,19,20). The molecule has 0 fully saturated rings. The molecular formula is C15H17F3N2OS. The number of rotatable bonds is 4. The molecule has 22 heavy (non-hydrogen) atoms. The number of ether oxygens (including phenoxy) is 1. The topological polar surface area (TPSA) is 48.1 Å². The molecule has 2 aromatic rings. The Morgan fingerprint density at radius 1 is 1.32 bits per heavy atom. The zero-order valence-electron chi connectivity index (χ0n) is 12.5. The summed E-state index contributed by atoms with van der Waals surface area (Å²) in [5, 5.41) is 0.407. The number of hydrogen-bond acceptors (Lipinski definition) is 4. The highest BCUT2D eigenvalue weighted by molar-refractivity contribution is 7.15. The Bertz CT molecular complexity index is 665. The maximum absolute atomic E-state index is 12.9. The number of hydrogen-bond donors (Lipinski definition) is 1. The molecule has 0 radical (unpaired) electrons. The van der Waals surface area contributed by atoms with Crippen molar-refractivity contribution < 1.29 is 17.9 Å². The van der Waals surface area contributed by atoms with Gasteiger partial charge in [0.15, 0.2) is 5.13 Å². The highest BCUT2D eigenvalue weighted by Gasteiger charge is 2.34. The van der Waals surface area contributed by atoms with Crippen LogP contribution in [0.5, 0.6) is 5.75 Å². The molecular weight excluding hydrogens is 313 g/mol. The molecule has 7 heteroatoms. The molecule has 0 aliphatic heterocycles. The highest BCUT2D eigenvalue weighted by atomic mass is 32.1. The molecule has 120 valence electrons. The Morgan fingerprint density at radius 3 is 2.55 bits per heavy atom. The van der Waals surface area contributed by atoms with Gasteiger partial charge in [-0.25, -0.2) is 4.98 Å². The molecule has 0 amide bonds. The van der Waals surface area contributed by atoms with Crippen molar-refractivity contribution >= 4 is 16.5 Å². The highest BCUT2D eigenvalue weighted by Crippen LogP contribution is 2.40. The normalized spacial score (nSPS) is 12.0. The third kappa shape index (κ3) is 3.52. The monoisotopic (exact) mass is 330 g/mol. The second-order valence-electron chi connectivity index (χ2n) is 5.33. The van der Waals surface area contributed by atoms with E-state index in [9.17, 15) is 13.2 Å². The second-order valence-corrected chi connectivity index (χ2v) is 6.45. The number of nitrogens with zero attached hydrogens (tertiary/aromatic N) is 1. The van der Waals surface area contributed by atoms with Crippen LogP contribution in [0.15, 0.2) is 18.2 Å². The number of aromatic nitrogens is 1. The quantitative estimate of drug-likeness (QED) is 0.890. The zero-order chi connectivity index (χ0) is 16.5. The van der Waals surface area contributed by atoms with Gasteiger partial charge in [0.25, 0.3) is 0 Å². The molecule has 0 saturated heterocycles. The van der Waals surface area contributed by atoms with Crippen LogP contribution in [-0.2, 0) is 12.6 Å². The summed E-state index contributed by atoms with van der Waals surface area (Å²) < 4.78 is 43.6. The molecule has 0 atom stereocenters. The number of nitrogens with two attached hydrogens (primary N) is 1. The SMILES string of the molecule is COc1cc(-c2nc(N)sc2CC(C)C)ccc1C(F)(F)F. The fraction of sp³-hybridized carbons (Fsp3) is 0.400. The number of nitrogen functional groups attached to an aromatic ring is 1. The van der Waals surface area contributed by atoms with Crippen molar-refractivity contribution in [1.82, 2.24) is 4.98 Å². The van der Waals surface area contributed by atoms with Gasteiger partial charge >= 0.3 is 6.18 Å². The van der Waals surface area contributed by atoms with Crippen LogP contribution >= 0.6 is 11.3 Å². The zero-order valence-corrected chi connectivity index (χ0v) is 13.3. The van der Waals surface area contributed by atoms with Crippen LogP contribution in [0.3, 0.4) is 0 Å². The van der Waals surface area contributed by atoms with Gasteiger partial charge in [-0.15, -0.1) is 11.3 Å². The summed E-state index contributed by atoms with van der Waals surface area (Å²) in [6.45, 7) is 4.13. The van der Waals surface area contributed by atoms with E-state index >= 15 is 0 Å². The van der Waals surface area contributed by atoms with Gasteiger partial charge in [0.1, 0.15) is 5.75 Å². The molecule has 1 aromatic carbocycles. The van der Waals surface area contributed by atoms with Crippen LogP contribution < -0.4 is 10.5 Å². The first-order valence-electron chi connectivity index (χ1n) is 6.73. The molecule has 0 saturated carbocycles. The molecule has 2 rings (SSSR count). The van der Waals surface area contributed by atoms with Crippen LogP contribution in [-0.4, -0.2) is 12.1 Å². The van der Waals surface area contributed by atoms with E-state index < -0.39 is 11.7 Å².